The summed E-state index contributed by atoms with van der Waals surface area (Å²) in [5, 5.41) is 3.30. The fraction of sp³-hybridized carbons (Fsp3) is 0.467. The van der Waals surface area contributed by atoms with E-state index in [1.165, 1.54) is 25.0 Å². The van der Waals surface area contributed by atoms with Crippen LogP contribution >= 0.6 is 12.2 Å². The van der Waals surface area contributed by atoms with Crippen molar-refractivity contribution in [3.63, 3.8) is 0 Å². The normalized spacial score (nSPS) is 14.7. The van der Waals surface area contributed by atoms with Gasteiger partial charge in [-0.15, -0.1) is 0 Å². The van der Waals surface area contributed by atoms with Gasteiger partial charge in [-0.2, -0.15) is 0 Å². The van der Waals surface area contributed by atoms with Crippen LogP contribution in [-0.2, 0) is 11.3 Å². The van der Waals surface area contributed by atoms with Gasteiger partial charge in [0.1, 0.15) is 5.82 Å². The number of carbonyl (C=O) groups is 1. The van der Waals surface area contributed by atoms with Crippen molar-refractivity contribution >= 4 is 23.2 Å². The number of thiocarbonyl (C=S) groups is 1. The van der Waals surface area contributed by atoms with Gasteiger partial charge >= 0.3 is 0 Å². The van der Waals surface area contributed by atoms with Crippen LogP contribution in [0.25, 0.3) is 0 Å². The number of rotatable bonds is 4. The number of nitrogens with one attached hydrogen (secondary N) is 3. The molecule has 1 aromatic carbocycles. The van der Waals surface area contributed by atoms with Crippen molar-refractivity contribution in [1.29, 1.82) is 0 Å². The SMILES string of the molecule is O=C(CC1CCCC1)NNC(=S)NCc1ccc(F)cc1. The minimum absolute atomic E-state index is 0.0344. The van der Waals surface area contributed by atoms with Crippen LogP contribution in [-0.4, -0.2) is 11.0 Å². The highest BCUT2D eigenvalue weighted by Crippen LogP contribution is 2.27. The molecule has 0 heterocycles. The van der Waals surface area contributed by atoms with Gasteiger partial charge in [-0.3, -0.25) is 15.6 Å². The molecule has 0 atom stereocenters. The molecule has 0 bridgehead atoms. The molecule has 6 heteroatoms. The standard InChI is InChI=1S/C15H20FN3OS/c16-13-7-5-12(6-8-13)10-17-15(21)19-18-14(20)9-11-3-1-2-4-11/h5-8,11H,1-4,9-10H2,(H,18,20)(H2,17,19,21). The summed E-state index contributed by atoms with van der Waals surface area (Å²) in [6.45, 7) is 0.477. The van der Waals surface area contributed by atoms with Gasteiger partial charge in [-0.05, 0) is 48.7 Å². The molecule has 1 aliphatic carbocycles. The van der Waals surface area contributed by atoms with E-state index in [-0.39, 0.29) is 11.7 Å². The minimum Gasteiger partial charge on any atom is -0.357 e. The van der Waals surface area contributed by atoms with E-state index in [2.05, 4.69) is 16.2 Å². The van der Waals surface area contributed by atoms with E-state index in [1.807, 2.05) is 0 Å². The van der Waals surface area contributed by atoms with Crippen LogP contribution in [0.15, 0.2) is 24.3 Å². The van der Waals surface area contributed by atoms with Gasteiger partial charge in [-0.25, -0.2) is 4.39 Å². The van der Waals surface area contributed by atoms with Gasteiger partial charge < -0.3 is 5.32 Å². The summed E-state index contributed by atoms with van der Waals surface area (Å²) in [6.07, 6.45) is 5.28. The van der Waals surface area contributed by atoms with Crippen LogP contribution in [0.3, 0.4) is 0 Å². The minimum atomic E-state index is -0.265. The molecule has 0 aromatic heterocycles. The van der Waals surface area contributed by atoms with E-state index in [0.717, 1.165) is 18.4 Å². The van der Waals surface area contributed by atoms with Crippen molar-refractivity contribution in [2.45, 2.75) is 38.6 Å². The second-order valence-electron chi connectivity index (χ2n) is 5.34. The predicted molar refractivity (Wildman–Crippen MR) is 83.7 cm³/mol. The Bertz CT molecular complexity index is 486. The Morgan fingerprint density at radius 1 is 1.19 bits per heavy atom. The molecule has 1 saturated carbocycles. The Morgan fingerprint density at radius 2 is 1.86 bits per heavy atom. The highest BCUT2D eigenvalue weighted by molar-refractivity contribution is 7.80. The first-order valence-electron chi connectivity index (χ1n) is 7.20. The molecule has 1 fully saturated rings. The van der Waals surface area contributed by atoms with Crippen LogP contribution in [0.2, 0.25) is 0 Å². The number of hydrogen-bond donors (Lipinski definition) is 3. The molecule has 0 unspecified atom stereocenters. The zero-order valence-corrected chi connectivity index (χ0v) is 12.6. The molecule has 2 rings (SSSR count). The van der Waals surface area contributed by atoms with Gasteiger partial charge in [0.15, 0.2) is 5.11 Å². The summed E-state index contributed by atoms with van der Waals surface area (Å²) in [6, 6.07) is 6.17. The smallest absolute Gasteiger partial charge is 0.238 e. The van der Waals surface area contributed by atoms with Gasteiger partial charge in [0, 0.05) is 13.0 Å². The van der Waals surface area contributed by atoms with Gasteiger partial charge in [0.05, 0.1) is 0 Å². The maximum Gasteiger partial charge on any atom is 0.238 e. The Hall–Kier alpha value is -1.69. The van der Waals surface area contributed by atoms with Crippen LogP contribution in [0, 0.1) is 11.7 Å². The van der Waals surface area contributed by atoms with Crippen LogP contribution < -0.4 is 16.2 Å². The number of benzene rings is 1. The van der Waals surface area contributed by atoms with Crippen molar-refractivity contribution in [1.82, 2.24) is 16.2 Å². The average Bonchev–Trinajstić information content (AvgIpc) is 2.97. The lowest BCUT2D eigenvalue weighted by atomic mass is 10.0. The fourth-order valence-electron chi connectivity index (χ4n) is 2.48. The van der Waals surface area contributed by atoms with Crippen LogP contribution in [0.1, 0.15) is 37.7 Å². The van der Waals surface area contributed by atoms with Gasteiger partial charge in [-0.1, -0.05) is 25.0 Å². The second kappa shape index (κ2) is 7.93. The van der Waals surface area contributed by atoms with Crippen molar-refractivity contribution < 1.29 is 9.18 Å². The Balaban J connectivity index is 1.62. The van der Waals surface area contributed by atoms with Crippen molar-refractivity contribution in [2.75, 3.05) is 0 Å². The molecule has 21 heavy (non-hydrogen) atoms. The van der Waals surface area contributed by atoms with Crippen molar-refractivity contribution in [2.24, 2.45) is 5.92 Å². The summed E-state index contributed by atoms with van der Waals surface area (Å²) in [7, 11) is 0. The molecule has 0 radical (unpaired) electrons. The van der Waals surface area contributed by atoms with Crippen molar-refractivity contribution in [3.05, 3.63) is 35.6 Å². The molecule has 114 valence electrons. The van der Waals surface area contributed by atoms with E-state index in [9.17, 15) is 9.18 Å². The topological polar surface area (TPSA) is 53.2 Å². The first-order chi connectivity index (χ1) is 10.1. The van der Waals surface area contributed by atoms with E-state index in [4.69, 9.17) is 12.2 Å². The zero-order chi connectivity index (χ0) is 15.1. The number of amides is 1. The summed E-state index contributed by atoms with van der Waals surface area (Å²) >= 11 is 5.07. The maximum absolute atomic E-state index is 12.8. The van der Waals surface area contributed by atoms with Crippen LogP contribution in [0.4, 0.5) is 4.39 Å². The van der Waals surface area contributed by atoms with Gasteiger partial charge in [0.2, 0.25) is 5.91 Å². The molecule has 0 spiro atoms. The maximum atomic E-state index is 12.8. The lowest BCUT2D eigenvalue weighted by molar-refractivity contribution is -0.122. The monoisotopic (exact) mass is 309 g/mol. The first kappa shape index (κ1) is 15.7. The molecule has 1 aromatic rings. The summed E-state index contributed by atoms with van der Waals surface area (Å²) in [5.41, 5.74) is 6.20. The lowest BCUT2D eigenvalue weighted by Crippen LogP contribution is -2.46. The molecule has 0 aliphatic heterocycles. The zero-order valence-electron chi connectivity index (χ0n) is 11.8. The third kappa shape index (κ3) is 5.67. The number of halogens is 1. The molecule has 0 saturated heterocycles. The lowest BCUT2D eigenvalue weighted by Gasteiger charge is -2.13. The highest BCUT2D eigenvalue weighted by Gasteiger charge is 2.18. The summed E-state index contributed by atoms with van der Waals surface area (Å²) in [5.74, 6) is 0.207. The third-order valence-electron chi connectivity index (χ3n) is 3.63. The Labute approximate surface area is 129 Å². The van der Waals surface area contributed by atoms with E-state index >= 15 is 0 Å². The molecule has 3 N–H and O–H groups in total. The number of hydrogen-bond acceptors (Lipinski definition) is 2. The second-order valence-corrected chi connectivity index (χ2v) is 5.75. The summed E-state index contributed by atoms with van der Waals surface area (Å²) < 4.78 is 12.8. The largest absolute Gasteiger partial charge is 0.357 e. The molecule has 4 nitrogen and oxygen atoms in total. The first-order valence-corrected chi connectivity index (χ1v) is 7.61. The van der Waals surface area contributed by atoms with Crippen LogP contribution in [0.5, 0.6) is 0 Å². The molecule has 1 aliphatic rings. The van der Waals surface area contributed by atoms with E-state index < -0.39 is 0 Å². The highest BCUT2D eigenvalue weighted by atomic mass is 32.1. The van der Waals surface area contributed by atoms with E-state index in [0.29, 0.717) is 24.0 Å². The number of hydrazine groups is 1. The molecular formula is C15H20FN3OS. The van der Waals surface area contributed by atoms with Gasteiger partial charge in [0.25, 0.3) is 0 Å². The fourth-order valence-corrected chi connectivity index (χ4v) is 2.61. The van der Waals surface area contributed by atoms with Crippen molar-refractivity contribution in [3.8, 4) is 0 Å². The molecular weight excluding hydrogens is 289 g/mol. The number of carbonyl (C=O) groups excluding carboxylic acids is 1. The molecule has 1 amide bonds. The predicted octanol–water partition coefficient (Wildman–Crippen LogP) is 2.40. The Morgan fingerprint density at radius 3 is 2.52 bits per heavy atom. The summed E-state index contributed by atoms with van der Waals surface area (Å²) in [4.78, 5) is 11.7. The Kier molecular flexibility index (Phi) is 5.92. The third-order valence-corrected chi connectivity index (χ3v) is 3.88. The van der Waals surface area contributed by atoms with E-state index in [1.54, 1.807) is 12.1 Å². The average molecular weight is 309 g/mol. The quantitative estimate of drug-likeness (QED) is 0.590.